The summed E-state index contributed by atoms with van der Waals surface area (Å²) in [5, 5.41) is 2.96. The minimum Gasteiger partial charge on any atom is -0.323 e. The zero-order valence-corrected chi connectivity index (χ0v) is 3.51. The summed E-state index contributed by atoms with van der Waals surface area (Å²) in [6.45, 7) is 1.39. The average molecular weight is 86.1 g/mol. The van der Waals surface area contributed by atoms with E-state index >= 15 is 0 Å². The number of nitrogens with zero attached hydrogens (tertiary/aromatic N) is 1. The van der Waals surface area contributed by atoms with Crippen LogP contribution in [0.4, 0.5) is 0 Å². The summed E-state index contributed by atoms with van der Waals surface area (Å²) < 4.78 is 0. The van der Waals surface area contributed by atoms with Crippen LogP contribution in [0.2, 0.25) is 0 Å². The number of rotatable bonds is 1. The molecule has 0 amide bonds. The van der Waals surface area contributed by atoms with Gasteiger partial charge in [-0.05, 0) is 0 Å². The predicted octanol–water partition coefficient (Wildman–Crippen LogP) is -0.480. The van der Waals surface area contributed by atoms with Crippen molar-refractivity contribution in [2.45, 2.75) is 6.92 Å². The van der Waals surface area contributed by atoms with Gasteiger partial charge in [0.25, 0.3) is 0 Å². The molecule has 0 heterocycles. The zero-order valence-electron chi connectivity index (χ0n) is 3.51. The van der Waals surface area contributed by atoms with E-state index < -0.39 is 0 Å². The highest BCUT2D eigenvalue weighted by Crippen LogP contribution is 1.53. The van der Waals surface area contributed by atoms with Crippen molar-refractivity contribution in [2.24, 2.45) is 10.9 Å². The monoisotopic (exact) mass is 86.0 g/mol. The van der Waals surface area contributed by atoms with Crippen molar-refractivity contribution in [2.75, 3.05) is 0 Å². The Labute approximate surface area is 35.8 Å². The van der Waals surface area contributed by atoms with Crippen molar-refractivity contribution < 1.29 is 4.79 Å². The van der Waals surface area contributed by atoms with Gasteiger partial charge in [-0.25, -0.2) is 0 Å². The lowest BCUT2D eigenvalue weighted by Crippen LogP contribution is -1.92. The largest absolute Gasteiger partial charge is 0.323 e. The van der Waals surface area contributed by atoms with Crippen LogP contribution in [0.1, 0.15) is 6.92 Å². The molecule has 2 N–H and O–H groups in total. The van der Waals surface area contributed by atoms with Crippen LogP contribution in [-0.4, -0.2) is 12.0 Å². The topological polar surface area (TPSA) is 55.5 Å². The smallest absolute Gasteiger partial charge is 0.172 e. The van der Waals surface area contributed by atoms with Gasteiger partial charge in [0, 0.05) is 6.92 Å². The summed E-state index contributed by atoms with van der Waals surface area (Å²) in [5.41, 5.74) is 0. The molecule has 0 unspecified atom stereocenters. The molecule has 3 nitrogen and oxygen atoms in total. The lowest BCUT2D eigenvalue weighted by molar-refractivity contribution is -0.110. The fraction of sp³-hybridized carbons (Fsp3) is 0.333. The van der Waals surface area contributed by atoms with E-state index in [1.165, 1.54) is 6.92 Å². The fourth-order valence-electron chi connectivity index (χ4n) is 0.105. The highest BCUT2D eigenvalue weighted by atomic mass is 16.1. The molecule has 0 saturated carbocycles. The summed E-state index contributed by atoms with van der Waals surface area (Å²) >= 11 is 0. The van der Waals surface area contributed by atoms with Gasteiger partial charge in [0.05, 0.1) is 6.21 Å². The van der Waals surface area contributed by atoms with Crippen LogP contribution in [0.3, 0.4) is 0 Å². The third-order valence-corrected chi connectivity index (χ3v) is 0.256. The Morgan fingerprint density at radius 1 is 2.00 bits per heavy atom. The van der Waals surface area contributed by atoms with E-state index in [9.17, 15) is 4.79 Å². The number of hydrazone groups is 1. The molecule has 0 radical (unpaired) electrons. The number of ketones is 1. The second-order valence-electron chi connectivity index (χ2n) is 0.889. The minimum absolute atomic E-state index is 0.127. The standard InChI is InChI=1S/C3H6N2O/c1-3(6)2-5-4/h2H,4H2,1H3/b5-2+. The maximum atomic E-state index is 9.81. The minimum atomic E-state index is -0.127. The zero-order chi connectivity index (χ0) is 4.99. The van der Waals surface area contributed by atoms with E-state index in [4.69, 9.17) is 0 Å². The van der Waals surface area contributed by atoms with Crippen molar-refractivity contribution in [1.82, 2.24) is 0 Å². The molecule has 0 fully saturated rings. The quantitative estimate of drug-likeness (QED) is 0.266. The summed E-state index contributed by atoms with van der Waals surface area (Å²) in [6, 6.07) is 0. The van der Waals surface area contributed by atoms with Crippen LogP contribution in [-0.2, 0) is 4.79 Å². The molecule has 6 heavy (non-hydrogen) atoms. The summed E-state index contributed by atoms with van der Waals surface area (Å²) in [6.07, 6.45) is 1.06. The van der Waals surface area contributed by atoms with Crippen molar-refractivity contribution in [3.05, 3.63) is 0 Å². The Morgan fingerprint density at radius 3 is 2.50 bits per heavy atom. The van der Waals surface area contributed by atoms with E-state index in [0.29, 0.717) is 0 Å². The number of carbonyl (C=O) groups is 1. The normalized spacial score (nSPS) is 9.50. The molecule has 0 saturated heterocycles. The van der Waals surface area contributed by atoms with Gasteiger partial charge in [0.15, 0.2) is 5.78 Å². The van der Waals surface area contributed by atoms with Crippen LogP contribution >= 0.6 is 0 Å². The molecule has 0 aliphatic heterocycles. The van der Waals surface area contributed by atoms with E-state index in [1.54, 1.807) is 0 Å². The molecule has 0 rings (SSSR count). The molecule has 0 aromatic rings. The van der Waals surface area contributed by atoms with Gasteiger partial charge in [0.1, 0.15) is 0 Å². The first kappa shape index (κ1) is 5.14. The van der Waals surface area contributed by atoms with Gasteiger partial charge in [-0.1, -0.05) is 0 Å². The van der Waals surface area contributed by atoms with Crippen LogP contribution in [0.25, 0.3) is 0 Å². The average Bonchev–Trinajstić information content (AvgIpc) is 1.35. The third-order valence-electron chi connectivity index (χ3n) is 0.256. The van der Waals surface area contributed by atoms with Crippen LogP contribution < -0.4 is 5.84 Å². The first-order chi connectivity index (χ1) is 2.77. The summed E-state index contributed by atoms with van der Waals surface area (Å²) in [4.78, 5) is 9.81. The van der Waals surface area contributed by atoms with E-state index in [0.717, 1.165) is 6.21 Å². The molecule has 0 atom stereocenters. The first-order valence-corrected chi connectivity index (χ1v) is 1.51. The predicted molar refractivity (Wildman–Crippen MR) is 23.4 cm³/mol. The summed E-state index contributed by atoms with van der Waals surface area (Å²) in [5.74, 6) is 4.45. The van der Waals surface area contributed by atoms with Gasteiger partial charge < -0.3 is 5.84 Å². The molecular weight excluding hydrogens is 80.0 g/mol. The molecular formula is C3H6N2O. The highest BCUT2D eigenvalue weighted by Gasteiger charge is 1.75. The Hall–Kier alpha value is -0.860. The fourth-order valence-corrected chi connectivity index (χ4v) is 0.105. The van der Waals surface area contributed by atoms with Crippen molar-refractivity contribution in [3.8, 4) is 0 Å². The summed E-state index contributed by atoms with van der Waals surface area (Å²) in [7, 11) is 0. The van der Waals surface area contributed by atoms with Crippen molar-refractivity contribution >= 4 is 12.0 Å². The maximum absolute atomic E-state index is 9.81. The van der Waals surface area contributed by atoms with Crippen LogP contribution in [0, 0.1) is 0 Å². The van der Waals surface area contributed by atoms with Crippen molar-refractivity contribution in [1.29, 1.82) is 0 Å². The van der Waals surface area contributed by atoms with Gasteiger partial charge in [-0.2, -0.15) is 5.10 Å². The molecule has 0 aromatic carbocycles. The maximum Gasteiger partial charge on any atom is 0.172 e. The number of Topliss-reactive ketones (excluding diaryl/α,β-unsaturated/α-hetero) is 1. The first-order valence-electron chi connectivity index (χ1n) is 1.51. The van der Waals surface area contributed by atoms with E-state index in [-0.39, 0.29) is 5.78 Å². The number of carbonyl (C=O) groups excluding carboxylic acids is 1. The molecule has 0 spiro atoms. The number of hydrogen-bond acceptors (Lipinski definition) is 3. The van der Waals surface area contributed by atoms with Gasteiger partial charge in [0.2, 0.25) is 0 Å². The highest BCUT2D eigenvalue weighted by molar-refractivity contribution is 6.26. The van der Waals surface area contributed by atoms with Gasteiger partial charge >= 0.3 is 0 Å². The molecule has 0 bridgehead atoms. The Balaban J connectivity index is 3.30. The molecule has 0 aliphatic rings. The molecule has 0 aromatic heterocycles. The van der Waals surface area contributed by atoms with Gasteiger partial charge in [-0.3, -0.25) is 4.79 Å². The number of hydrogen-bond donors (Lipinski definition) is 1. The van der Waals surface area contributed by atoms with Crippen LogP contribution in [0.5, 0.6) is 0 Å². The van der Waals surface area contributed by atoms with Gasteiger partial charge in [-0.15, -0.1) is 0 Å². The van der Waals surface area contributed by atoms with E-state index in [2.05, 4.69) is 10.9 Å². The lowest BCUT2D eigenvalue weighted by atomic mass is 10.5. The van der Waals surface area contributed by atoms with Crippen molar-refractivity contribution in [3.63, 3.8) is 0 Å². The molecule has 34 valence electrons. The molecule has 0 aliphatic carbocycles. The second kappa shape index (κ2) is 2.38. The lowest BCUT2D eigenvalue weighted by Gasteiger charge is -1.68. The SMILES string of the molecule is CC(=O)/C=N/N. The Kier molecular flexibility index (Phi) is 2.04. The van der Waals surface area contributed by atoms with Crippen LogP contribution in [0.15, 0.2) is 5.10 Å². The Bertz CT molecular complexity index is 76.9. The number of nitrogens with two attached hydrogens (primary N) is 1. The second-order valence-corrected chi connectivity index (χ2v) is 0.889. The Morgan fingerprint density at radius 2 is 2.50 bits per heavy atom. The van der Waals surface area contributed by atoms with E-state index in [1.807, 2.05) is 0 Å². The molecule has 3 heteroatoms. The third kappa shape index (κ3) is 3.14.